The van der Waals surface area contributed by atoms with Gasteiger partial charge in [0.15, 0.2) is 0 Å². The van der Waals surface area contributed by atoms with E-state index in [1.165, 1.54) is 12.1 Å². The van der Waals surface area contributed by atoms with Crippen LogP contribution >= 0.6 is 38.5 Å². The second-order valence-electron chi connectivity index (χ2n) is 4.72. The van der Waals surface area contributed by atoms with E-state index in [2.05, 4.69) is 49.9 Å². The number of nitrogens with one attached hydrogen (secondary N) is 1. The Hall–Kier alpha value is -0.530. The Labute approximate surface area is 145 Å². The molecule has 0 heterocycles. The van der Waals surface area contributed by atoms with Crippen LogP contribution < -0.4 is 5.32 Å². The Morgan fingerprint density at radius 2 is 1.95 bits per heavy atom. The van der Waals surface area contributed by atoms with E-state index in [1.807, 2.05) is 19.1 Å². The van der Waals surface area contributed by atoms with Crippen LogP contribution in [0.2, 0.25) is 0 Å². The van der Waals surface area contributed by atoms with Crippen LogP contribution in [0.25, 0.3) is 0 Å². The van der Waals surface area contributed by atoms with E-state index in [0.29, 0.717) is 12.0 Å². The fraction of sp³-hybridized carbons (Fsp3) is 0.250. The van der Waals surface area contributed by atoms with Crippen molar-refractivity contribution in [3.05, 3.63) is 67.2 Å². The quantitative estimate of drug-likeness (QED) is 0.596. The zero-order valence-corrected chi connectivity index (χ0v) is 15.2. The van der Waals surface area contributed by atoms with Gasteiger partial charge in [-0.05, 0) is 70.9 Å². The summed E-state index contributed by atoms with van der Waals surface area (Å²) in [5, 5.41) is 3.36. The van der Waals surface area contributed by atoms with Crippen molar-refractivity contribution in [1.82, 2.24) is 5.32 Å². The normalized spacial score (nSPS) is 12.4. The standard InChI is InChI=1S/C16H15BrF2IN/c1-2-21-16(13-9-12(20)5-6-14(13)17)7-10-3-4-11(18)8-15(10)19/h3-6,8-9,16,21H,2,7H2,1H3. The number of benzene rings is 2. The third-order valence-electron chi connectivity index (χ3n) is 3.22. The van der Waals surface area contributed by atoms with Crippen LogP contribution in [0.1, 0.15) is 24.1 Å². The molecular formula is C16H15BrF2IN. The minimum atomic E-state index is -0.549. The zero-order chi connectivity index (χ0) is 15.4. The molecule has 0 aliphatic heterocycles. The molecule has 2 aromatic rings. The van der Waals surface area contributed by atoms with Gasteiger partial charge in [-0.25, -0.2) is 8.78 Å². The molecule has 0 aromatic heterocycles. The van der Waals surface area contributed by atoms with Gasteiger partial charge >= 0.3 is 0 Å². The molecule has 0 amide bonds. The maximum atomic E-state index is 13.9. The molecule has 0 bridgehead atoms. The van der Waals surface area contributed by atoms with Gasteiger partial charge < -0.3 is 5.32 Å². The summed E-state index contributed by atoms with van der Waals surface area (Å²) in [6.45, 7) is 2.78. The molecule has 1 atom stereocenters. The van der Waals surface area contributed by atoms with Crippen molar-refractivity contribution >= 4 is 38.5 Å². The molecule has 5 heteroatoms. The predicted molar refractivity (Wildman–Crippen MR) is 93.3 cm³/mol. The Morgan fingerprint density at radius 1 is 1.19 bits per heavy atom. The predicted octanol–water partition coefficient (Wildman–Crippen LogP) is 5.23. The summed E-state index contributed by atoms with van der Waals surface area (Å²) in [4.78, 5) is 0. The van der Waals surface area contributed by atoms with Crippen molar-refractivity contribution in [2.24, 2.45) is 0 Å². The van der Waals surface area contributed by atoms with Crippen molar-refractivity contribution in [2.45, 2.75) is 19.4 Å². The van der Waals surface area contributed by atoms with Gasteiger partial charge in [-0.15, -0.1) is 0 Å². The summed E-state index contributed by atoms with van der Waals surface area (Å²) in [5.74, 6) is -1.05. The molecule has 112 valence electrons. The number of hydrogen-bond acceptors (Lipinski definition) is 1. The minimum Gasteiger partial charge on any atom is -0.310 e. The molecule has 0 fully saturated rings. The van der Waals surface area contributed by atoms with Gasteiger partial charge in [-0.2, -0.15) is 0 Å². The average molecular weight is 466 g/mol. The highest BCUT2D eigenvalue weighted by Crippen LogP contribution is 2.28. The van der Waals surface area contributed by atoms with Gasteiger partial charge in [0.05, 0.1) is 0 Å². The highest BCUT2D eigenvalue weighted by molar-refractivity contribution is 14.1. The lowest BCUT2D eigenvalue weighted by atomic mass is 9.98. The van der Waals surface area contributed by atoms with E-state index in [-0.39, 0.29) is 6.04 Å². The second-order valence-corrected chi connectivity index (χ2v) is 6.82. The topological polar surface area (TPSA) is 12.0 Å². The SMILES string of the molecule is CCNC(Cc1ccc(F)cc1F)c1cc(I)ccc1Br. The summed E-state index contributed by atoms with van der Waals surface area (Å²) < 4.78 is 29.0. The third kappa shape index (κ3) is 4.47. The molecule has 1 nitrogen and oxygen atoms in total. The lowest BCUT2D eigenvalue weighted by molar-refractivity contribution is 0.519. The van der Waals surface area contributed by atoms with Gasteiger partial charge in [0.2, 0.25) is 0 Å². The Morgan fingerprint density at radius 3 is 2.62 bits per heavy atom. The van der Waals surface area contributed by atoms with Crippen LogP contribution in [0.15, 0.2) is 40.9 Å². The van der Waals surface area contributed by atoms with Gasteiger partial charge in [0, 0.05) is 20.2 Å². The van der Waals surface area contributed by atoms with Crippen molar-refractivity contribution in [1.29, 1.82) is 0 Å². The number of rotatable bonds is 5. The van der Waals surface area contributed by atoms with Crippen LogP contribution in [-0.2, 0) is 6.42 Å². The molecule has 0 radical (unpaired) electrons. The molecule has 1 N–H and O–H groups in total. The zero-order valence-electron chi connectivity index (χ0n) is 11.5. The molecule has 0 saturated carbocycles. The van der Waals surface area contributed by atoms with Gasteiger partial charge in [-0.1, -0.05) is 28.9 Å². The molecule has 0 spiro atoms. The molecule has 21 heavy (non-hydrogen) atoms. The first-order chi connectivity index (χ1) is 10.0. The molecule has 2 rings (SSSR count). The summed E-state index contributed by atoms with van der Waals surface area (Å²) in [5.41, 5.74) is 1.58. The van der Waals surface area contributed by atoms with Gasteiger partial charge in [0.25, 0.3) is 0 Å². The van der Waals surface area contributed by atoms with Crippen LogP contribution in [-0.4, -0.2) is 6.54 Å². The first kappa shape index (κ1) is 16.8. The van der Waals surface area contributed by atoms with E-state index in [1.54, 1.807) is 0 Å². The van der Waals surface area contributed by atoms with E-state index < -0.39 is 11.6 Å². The number of halogens is 4. The average Bonchev–Trinajstić information content (AvgIpc) is 2.44. The summed E-state index contributed by atoms with van der Waals surface area (Å²) in [6, 6.07) is 9.78. The fourth-order valence-electron chi connectivity index (χ4n) is 2.23. The lowest BCUT2D eigenvalue weighted by Gasteiger charge is -2.20. The molecule has 2 aromatic carbocycles. The van der Waals surface area contributed by atoms with Crippen LogP contribution in [0.4, 0.5) is 8.78 Å². The number of hydrogen-bond donors (Lipinski definition) is 1. The van der Waals surface area contributed by atoms with Crippen LogP contribution in [0.5, 0.6) is 0 Å². The van der Waals surface area contributed by atoms with Crippen molar-refractivity contribution in [2.75, 3.05) is 6.54 Å². The van der Waals surface area contributed by atoms with E-state index in [9.17, 15) is 8.78 Å². The molecular weight excluding hydrogens is 451 g/mol. The Kier molecular flexibility index (Phi) is 6.13. The molecule has 0 aliphatic carbocycles. The van der Waals surface area contributed by atoms with Gasteiger partial charge in [-0.3, -0.25) is 0 Å². The lowest BCUT2D eigenvalue weighted by Crippen LogP contribution is -2.24. The highest BCUT2D eigenvalue weighted by atomic mass is 127. The maximum absolute atomic E-state index is 13.9. The summed E-state index contributed by atoms with van der Waals surface area (Å²) in [7, 11) is 0. The fourth-order valence-corrected chi connectivity index (χ4v) is 3.27. The maximum Gasteiger partial charge on any atom is 0.129 e. The summed E-state index contributed by atoms with van der Waals surface area (Å²) >= 11 is 5.80. The number of likely N-dealkylation sites (N-methyl/N-ethyl adjacent to an activating group) is 1. The van der Waals surface area contributed by atoms with E-state index in [0.717, 1.165) is 26.2 Å². The third-order valence-corrected chi connectivity index (χ3v) is 4.62. The Balaban J connectivity index is 2.32. The monoisotopic (exact) mass is 465 g/mol. The molecule has 0 aliphatic rings. The first-order valence-corrected chi connectivity index (χ1v) is 8.50. The molecule has 0 saturated heterocycles. The summed E-state index contributed by atoms with van der Waals surface area (Å²) in [6.07, 6.45) is 0.471. The van der Waals surface area contributed by atoms with Gasteiger partial charge in [0.1, 0.15) is 11.6 Å². The Bertz CT molecular complexity index is 634. The highest BCUT2D eigenvalue weighted by Gasteiger charge is 2.17. The minimum absolute atomic E-state index is 0.0287. The second kappa shape index (κ2) is 7.65. The largest absolute Gasteiger partial charge is 0.310 e. The van der Waals surface area contributed by atoms with Crippen LogP contribution in [0, 0.1) is 15.2 Å². The van der Waals surface area contributed by atoms with Crippen molar-refractivity contribution in [3.63, 3.8) is 0 Å². The van der Waals surface area contributed by atoms with E-state index >= 15 is 0 Å². The van der Waals surface area contributed by atoms with Crippen molar-refractivity contribution in [3.8, 4) is 0 Å². The molecule has 1 unspecified atom stereocenters. The smallest absolute Gasteiger partial charge is 0.129 e. The van der Waals surface area contributed by atoms with Crippen LogP contribution in [0.3, 0.4) is 0 Å². The van der Waals surface area contributed by atoms with Crippen molar-refractivity contribution < 1.29 is 8.78 Å². The first-order valence-electron chi connectivity index (χ1n) is 6.63. The van der Waals surface area contributed by atoms with E-state index in [4.69, 9.17) is 0 Å².